The third kappa shape index (κ3) is 2.73. The summed E-state index contributed by atoms with van der Waals surface area (Å²) in [5.41, 5.74) is 2.76. The molecule has 1 aromatic rings. The highest BCUT2D eigenvalue weighted by Gasteiger charge is 2.44. The van der Waals surface area contributed by atoms with Gasteiger partial charge in [-0.3, -0.25) is 4.79 Å². The van der Waals surface area contributed by atoms with E-state index in [9.17, 15) is 4.79 Å². The Morgan fingerprint density at radius 2 is 1.84 bits per heavy atom. The summed E-state index contributed by atoms with van der Waals surface area (Å²) in [6.07, 6.45) is 5.82. The summed E-state index contributed by atoms with van der Waals surface area (Å²) in [7, 11) is 0. The van der Waals surface area contributed by atoms with Crippen LogP contribution in [0.1, 0.15) is 50.5 Å². The zero-order valence-electron chi connectivity index (χ0n) is 11.4. The number of rotatable bonds is 3. The molecule has 2 saturated carbocycles. The van der Waals surface area contributed by atoms with Crippen LogP contribution in [-0.2, 0) is 9.53 Å². The van der Waals surface area contributed by atoms with Crippen molar-refractivity contribution in [3.63, 3.8) is 0 Å². The van der Waals surface area contributed by atoms with E-state index >= 15 is 0 Å². The van der Waals surface area contributed by atoms with Crippen LogP contribution in [0.15, 0.2) is 41.7 Å². The van der Waals surface area contributed by atoms with Crippen LogP contribution in [0.2, 0.25) is 0 Å². The molecule has 2 aliphatic rings. The van der Waals surface area contributed by atoms with E-state index in [4.69, 9.17) is 4.74 Å². The SMILES string of the molecule is CC(=O)OC(=C1CCCC1)[C@@H]1C[C@@H]1c1ccccc1. The molecule has 1 aromatic carbocycles. The van der Waals surface area contributed by atoms with Crippen LogP contribution in [0, 0.1) is 5.92 Å². The van der Waals surface area contributed by atoms with Gasteiger partial charge in [0.2, 0.25) is 0 Å². The maximum atomic E-state index is 11.3. The molecular weight excluding hydrogens is 236 g/mol. The molecule has 0 unspecified atom stereocenters. The van der Waals surface area contributed by atoms with Gasteiger partial charge in [-0.15, -0.1) is 0 Å². The Balaban J connectivity index is 1.80. The molecule has 0 saturated heterocycles. The molecule has 19 heavy (non-hydrogen) atoms. The van der Waals surface area contributed by atoms with Gasteiger partial charge in [0.15, 0.2) is 0 Å². The maximum Gasteiger partial charge on any atom is 0.307 e. The minimum Gasteiger partial charge on any atom is -0.431 e. The lowest BCUT2D eigenvalue weighted by Crippen LogP contribution is -2.04. The molecular formula is C17H20O2. The van der Waals surface area contributed by atoms with E-state index in [0.717, 1.165) is 25.0 Å². The number of esters is 1. The molecule has 2 heteroatoms. The van der Waals surface area contributed by atoms with Crippen LogP contribution in [0.4, 0.5) is 0 Å². The fraction of sp³-hybridized carbons (Fsp3) is 0.471. The lowest BCUT2D eigenvalue weighted by Gasteiger charge is -2.11. The molecule has 0 aliphatic heterocycles. The molecule has 0 N–H and O–H groups in total. The van der Waals surface area contributed by atoms with Crippen LogP contribution < -0.4 is 0 Å². The highest BCUT2D eigenvalue weighted by Crippen LogP contribution is 2.53. The predicted molar refractivity (Wildman–Crippen MR) is 74.6 cm³/mol. The Labute approximate surface area is 114 Å². The van der Waals surface area contributed by atoms with Crippen molar-refractivity contribution in [1.82, 2.24) is 0 Å². The molecule has 0 amide bonds. The van der Waals surface area contributed by atoms with Gasteiger partial charge >= 0.3 is 5.97 Å². The van der Waals surface area contributed by atoms with Crippen molar-refractivity contribution in [3.05, 3.63) is 47.2 Å². The Hall–Kier alpha value is -1.57. The van der Waals surface area contributed by atoms with Crippen molar-refractivity contribution in [2.24, 2.45) is 5.92 Å². The first-order valence-electron chi connectivity index (χ1n) is 7.21. The molecule has 100 valence electrons. The molecule has 2 aliphatic carbocycles. The summed E-state index contributed by atoms with van der Waals surface area (Å²) in [5, 5.41) is 0. The van der Waals surface area contributed by atoms with Crippen LogP contribution in [0.25, 0.3) is 0 Å². The van der Waals surface area contributed by atoms with Crippen LogP contribution >= 0.6 is 0 Å². The molecule has 0 radical (unpaired) electrons. The van der Waals surface area contributed by atoms with Gasteiger partial charge in [0.25, 0.3) is 0 Å². The Kier molecular flexibility index (Phi) is 3.41. The summed E-state index contributed by atoms with van der Waals surface area (Å²) in [4.78, 5) is 11.3. The number of ether oxygens (including phenoxy) is 1. The highest BCUT2D eigenvalue weighted by molar-refractivity contribution is 5.67. The van der Waals surface area contributed by atoms with Gasteiger partial charge in [0, 0.05) is 12.8 Å². The maximum absolute atomic E-state index is 11.3. The van der Waals surface area contributed by atoms with Gasteiger partial charge in [0.05, 0.1) is 0 Å². The van der Waals surface area contributed by atoms with Crippen LogP contribution in [-0.4, -0.2) is 5.97 Å². The van der Waals surface area contributed by atoms with E-state index < -0.39 is 0 Å². The average Bonchev–Trinajstić information content (AvgIpc) is 3.02. The topological polar surface area (TPSA) is 26.3 Å². The van der Waals surface area contributed by atoms with Gasteiger partial charge in [-0.1, -0.05) is 30.3 Å². The number of carbonyl (C=O) groups excluding carboxylic acids is 1. The second-order valence-corrected chi connectivity index (χ2v) is 5.63. The monoisotopic (exact) mass is 256 g/mol. The van der Waals surface area contributed by atoms with Crippen LogP contribution in [0.3, 0.4) is 0 Å². The number of allylic oxidation sites excluding steroid dienone is 2. The second-order valence-electron chi connectivity index (χ2n) is 5.63. The minimum atomic E-state index is -0.173. The Morgan fingerprint density at radius 1 is 1.16 bits per heavy atom. The molecule has 2 atom stereocenters. The van der Waals surface area contributed by atoms with Gasteiger partial charge < -0.3 is 4.74 Å². The van der Waals surface area contributed by atoms with Gasteiger partial charge in [-0.2, -0.15) is 0 Å². The third-order valence-corrected chi connectivity index (χ3v) is 4.16. The molecule has 2 fully saturated rings. The summed E-state index contributed by atoms with van der Waals surface area (Å²) in [6.45, 7) is 1.51. The number of benzene rings is 1. The second kappa shape index (κ2) is 5.20. The van der Waals surface area contributed by atoms with Crippen molar-refractivity contribution >= 4 is 5.97 Å². The normalized spacial score (nSPS) is 25.2. The molecule has 0 heterocycles. The fourth-order valence-electron chi connectivity index (χ4n) is 3.17. The lowest BCUT2D eigenvalue weighted by atomic mass is 10.1. The predicted octanol–water partition coefficient (Wildman–Crippen LogP) is 4.18. The zero-order chi connectivity index (χ0) is 13.2. The van der Waals surface area contributed by atoms with Crippen molar-refractivity contribution in [1.29, 1.82) is 0 Å². The average molecular weight is 256 g/mol. The van der Waals surface area contributed by atoms with E-state index in [0.29, 0.717) is 11.8 Å². The van der Waals surface area contributed by atoms with Crippen molar-refractivity contribution < 1.29 is 9.53 Å². The number of carbonyl (C=O) groups is 1. The Bertz CT molecular complexity index is 493. The molecule has 0 aromatic heterocycles. The smallest absolute Gasteiger partial charge is 0.307 e. The van der Waals surface area contributed by atoms with E-state index in [1.165, 1.54) is 30.9 Å². The zero-order valence-corrected chi connectivity index (χ0v) is 11.4. The number of hydrogen-bond donors (Lipinski definition) is 0. The minimum absolute atomic E-state index is 0.173. The van der Waals surface area contributed by atoms with E-state index in [1.807, 2.05) is 6.07 Å². The van der Waals surface area contributed by atoms with E-state index in [-0.39, 0.29) is 5.97 Å². The molecule has 0 spiro atoms. The fourth-order valence-corrected chi connectivity index (χ4v) is 3.17. The first-order chi connectivity index (χ1) is 9.25. The summed E-state index contributed by atoms with van der Waals surface area (Å²) >= 11 is 0. The van der Waals surface area contributed by atoms with Crippen molar-refractivity contribution in [2.45, 2.75) is 44.9 Å². The van der Waals surface area contributed by atoms with Gasteiger partial charge in [-0.25, -0.2) is 0 Å². The van der Waals surface area contributed by atoms with Crippen LogP contribution in [0.5, 0.6) is 0 Å². The van der Waals surface area contributed by atoms with Crippen molar-refractivity contribution in [3.8, 4) is 0 Å². The third-order valence-electron chi connectivity index (χ3n) is 4.16. The summed E-state index contributed by atoms with van der Waals surface area (Å²) < 4.78 is 5.55. The quantitative estimate of drug-likeness (QED) is 0.599. The number of hydrogen-bond acceptors (Lipinski definition) is 2. The molecule has 0 bridgehead atoms. The summed E-state index contributed by atoms with van der Waals surface area (Å²) in [5.74, 6) is 1.80. The van der Waals surface area contributed by atoms with E-state index in [2.05, 4.69) is 24.3 Å². The molecule has 2 nitrogen and oxygen atoms in total. The van der Waals surface area contributed by atoms with E-state index in [1.54, 1.807) is 0 Å². The summed E-state index contributed by atoms with van der Waals surface area (Å²) in [6, 6.07) is 10.6. The first-order valence-corrected chi connectivity index (χ1v) is 7.21. The highest BCUT2D eigenvalue weighted by atomic mass is 16.5. The lowest BCUT2D eigenvalue weighted by molar-refractivity contribution is -0.137. The Morgan fingerprint density at radius 3 is 2.47 bits per heavy atom. The molecule has 3 rings (SSSR count). The van der Waals surface area contributed by atoms with Gasteiger partial charge in [-0.05, 0) is 49.2 Å². The first kappa shape index (κ1) is 12.5. The standard InChI is InChI=1S/C17H20O2/c1-12(18)19-17(14-9-5-6-10-14)16-11-15(16)13-7-3-2-4-8-13/h2-4,7-8,15-16H,5-6,9-11H2,1H3/t15-,16-/m1/s1. The van der Waals surface area contributed by atoms with Crippen molar-refractivity contribution in [2.75, 3.05) is 0 Å². The largest absolute Gasteiger partial charge is 0.431 e. The van der Waals surface area contributed by atoms with Gasteiger partial charge in [0.1, 0.15) is 5.76 Å².